The second-order valence-electron chi connectivity index (χ2n) is 5.45. The van der Waals surface area contributed by atoms with Crippen molar-refractivity contribution < 1.29 is 4.74 Å². The molecule has 0 atom stereocenters. The van der Waals surface area contributed by atoms with Crippen LogP contribution in [0.15, 0.2) is 6.07 Å². The Labute approximate surface area is 128 Å². The maximum Gasteiger partial charge on any atom is 0.158 e. The fraction of sp³-hybridized carbons (Fsp3) is 0.750. The number of hydrogen-bond donors (Lipinski definition) is 1. The summed E-state index contributed by atoms with van der Waals surface area (Å²) in [6, 6.07) is 2.07. The Morgan fingerprint density at radius 3 is 2.48 bits per heavy atom. The van der Waals surface area contributed by atoms with E-state index < -0.39 is 0 Å². The molecule has 0 aromatic carbocycles. The van der Waals surface area contributed by atoms with E-state index in [0.29, 0.717) is 13.2 Å². The second kappa shape index (κ2) is 8.82. The molecule has 0 bridgehead atoms. The van der Waals surface area contributed by atoms with Gasteiger partial charge in [0.15, 0.2) is 5.82 Å². The summed E-state index contributed by atoms with van der Waals surface area (Å²) >= 11 is 0. The van der Waals surface area contributed by atoms with Crippen LogP contribution < -0.4 is 10.2 Å². The van der Waals surface area contributed by atoms with Crippen LogP contribution in [-0.4, -0.2) is 36.2 Å². The molecule has 1 aliphatic rings. The second-order valence-corrected chi connectivity index (χ2v) is 5.45. The highest BCUT2D eigenvalue weighted by molar-refractivity contribution is 5.49. The summed E-state index contributed by atoms with van der Waals surface area (Å²) in [5, 5.41) is 3.30. The van der Waals surface area contributed by atoms with Gasteiger partial charge in [0, 0.05) is 32.3 Å². The van der Waals surface area contributed by atoms with Crippen LogP contribution in [0.1, 0.15) is 51.8 Å². The molecule has 5 heteroatoms. The van der Waals surface area contributed by atoms with Crippen molar-refractivity contribution in [1.82, 2.24) is 9.97 Å². The molecule has 0 spiro atoms. The van der Waals surface area contributed by atoms with E-state index in [4.69, 9.17) is 9.72 Å². The predicted octanol–water partition coefficient (Wildman–Crippen LogP) is 3.22. The largest absolute Gasteiger partial charge is 0.374 e. The zero-order chi connectivity index (χ0) is 14.9. The molecule has 0 radical (unpaired) electrons. The summed E-state index contributed by atoms with van der Waals surface area (Å²) in [5.74, 6) is 2.71. The topological polar surface area (TPSA) is 50.3 Å². The van der Waals surface area contributed by atoms with Crippen molar-refractivity contribution in [1.29, 1.82) is 0 Å². The molecule has 5 nitrogen and oxygen atoms in total. The Kier molecular flexibility index (Phi) is 6.73. The highest BCUT2D eigenvalue weighted by Gasteiger charge is 2.13. The summed E-state index contributed by atoms with van der Waals surface area (Å²) in [7, 11) is 0. The Hall–Kier alpha value is -1.36. The monoisotopic (exact) mass is 292 g/mol. The summed E-state index contributed by atoms with van der Waals surface area (Å²) in [6.45, 7) is 8.30. The lowest BCUT2D eigenvalue weighted by molar-refractivity contribution is 0.128. The van der Waals surface area contributed by atoms with Crippen molar-refractivity contribution in [2.75, 3.05) is 36.5 Å². The van der Waals surface area contributed by atoms with Gasteiger partial charge in [0.2, 0.25) is 0 Å². The van der Waals surface area contributed by atoms with Crippen LogP contribution in [0, 0.1) is 0 Å². The number of hydrogen-bond acceptors (Lipinski definition) is 5. The maximum absolute atomic E-state index is 5.47. The molecule has 1 fully saturated rings. The predicted molar refractivity (Wildman–Crippen MR) is 86.8 cm³/mol. The molecule has 2 rings (SSSR count). The van der Waals surface area contributed by atoms with E-state index >= 15 is 0 Å². The number of ether oxygens (including phenoxy) is 1. The zero-order valence-electron chi connectivity index (χ0n) is 13.4. The third kappa shape index (κ3) is 5.16. The summed E-state index contributed by atoms with van der Waals surface area (Å²) < 4.78 is 5.47. The summed E-state index contributed by atoms with van der Waals surface area (Å²) in [5.41, 5.74) is 0. The smallest absolute Gasteiger partial charge is 0.158 e. The van der Waals surface area contributed by atoms with E-state index in [-0.39, 0.29) is 0 Å². The molecule has 1 aromatic rings. The first-order chi connectivity index (χ1) is 10.3. The van der Waals surface area contributed by atoms with E-state index in [0.717, 1.165) is 37.1 Å². The number of aromatic nitrogens is 2. The van der Waals surface area contributed by atoms with Gasteiger partial charge in [0.05, 0.1) is 0 Å². The molecule has 118 valence electrons. The van der Waals surface area contributed by atoms with E-state index in [1.54, 1.807) is 0 Å². The van der Waals surface area contributed by atoms with Crippen molar-refractivity contribution in [3.63, 3.8) is 0 Å². The first kappa shape index (κ1) is 16.0. The first-order valence-electron chi connectivity index (χ1n) is 8.28. The Balaban J connectivity index is 2.16. The number of anilines is 2. The molecule has 21 heavy (non-hydrogen) atoms. The molecule has 1 N–H and O–H groups in total. The van der Waals surface area contributed by atoms with Gasteiger partial charge in [-0.15, -0.1) is 0 Å². The van der Waals surface area contributed by atoms with Crippen molar-refractivity contribution in [3.8, 4) is 0 Å². The van der Waals surface area contributed by atoms with Gasteiger partial charge in [-0.2, -0.15) is 0 Å². The lowest BCUT2D eigenvalue weighted by atomic mass is 10.1. The Morgan fingerprint density at radius 2 is 1.81 bits per heavy atom. The van der Waals surface area contributed by atoms with Gasteiger partial charge < -0.3 is 15.0 Å². The highest BCUT2D eigenvalue weighted by Crippen LogP contribution is 2.20. The van der Waals surface area contributed by atoms with E-state index in [1.165, 1.54) is 32.1 Å². The van der Waals surface area contributed by atoms with Gasteiger partial charge in [-0.25, -0.2) is 9.97 Å². The minimum Gasteiger partial charge on any atom is -0.374 e. The molecular weight excluding hydrogens is 264 g/mol. The number of nitrogens with one attached hydrogen (secondary N) is 1. The van der Waals surface area contributed by atoms with Gasteiger partial charge >= 0.3 is 0 Å². The SMILES string of the molecule is CCNc1cc(N2CCCCCCC2)nc(COCC)n1. The standard InChI is InChI=1S/C16H28N4O/c1-3-17-14-12-16(19-15(18-14)13-21-4-2)20-10-8-6-5-7-9-11-20/h12H,3-11,13H2,1-2H3,(H,17,18,19). The average Bonchev–Trinajstić information content (AvgIpc) is 2.45. The van der Waals surface area contributed by atoms with E-state index in [2.05, 4.69) is 28.2 Å². The van der Waals surface area contributed by atoms with Crippen molar-refractivity contribution in [2.45, 2.75) is 52.6 Å². The van der Waals surface area contributed by atoms with Gasteiger partial charge in [0.25, 0.3) is 0 Å². The van der Waals surface area contributed by atoms with Crippen LogP contribution in [-0.2, 0) is 11.3 Å². The average molecular weight is 292 g/mol. The fourth-order valence-electron chi connectivity index (χ4n) is 2.65. The van der Waals surface area contributed by atoms with Crippen molar-refractivity contribution >= 4 is 11.6 Å². The molecule has 0 aliphatic carbocycles. The highest BCUT2D eigenvalue weighted by atomic mass is 16.5. The van der Waals surface area contributed by atoms with Gasteiger partial charge in [-0.1, -0.05) is 19.3 Å². The molecule has 1 aliphatic heterocycles. The number of nitrogens with zero attached hydrogens (tertiary/aromatic N) is 3. The minimum atomic E-state index is 0.483. The molecular formula is C16H28N4O. The van der Waals surface area contributed by atoms with E-state index in [9.17, 15) is 0 Å². The van der Waals surface area contributed by atoms with Crippen LogP contribution in [0.2, 0.25) is 0 Å². The van der Waals surface area contributed by atoms with Gasteiger partial charge in [-0.05, 0) is 26.7 Å². The number of rotatable bonds is 6. The normalized spacial score (nSPS) is 16.4. The van der Waals surface area contributed by atoms with Crippen molar-refractivity contribution in [2.24, 2.45) is 0 Å². The molecule has 0 saturated carbocycles. The van der Waals surface area contributed by atoms with Crippen LogP contribution in [0.5, 0.6) is 0 Å². The first-order valence-corrected chi connectivity index (χ1v) is 8.28. The maximum atomic E-state index is 5.47. The summed E-state index contributed by atoms with van der Waals surface area (Å²) in [4.78, 5) is 11.6. The van der Waals surface area contributed by atoms with Crippen LogP contribution in [0.4, 0.5) is 11.6 Å². The molecule has 1 saturated heterocycles. The van der Waals surface area contributed by atoms with E-state index in [1.807, 2.05) is 6.92 Å². The minimum absolute atomic E-state index is 0.483. The van der Waals surface area contributed by atoms with Crippen LogP contribution in [0.25, 0.3) is 0 Å². The fourth-order valence-corrected chi connectivity index (χ4v) is 2.65. The van der Waals surface area contributed by atoms with Gasteiger partial charge in [0.1, 0.15) is 18.2 Å². The summed E-state index contributed by atoms with van der Waals surface area (Å²) in [6.07, 6.45) is 6.53. The third-order valence-corrected chi connectivity index (χ3v) is 3.73. The zero-order valence-corrected chi connectivity index (χ0v) is 13.4. The van der Waals surface area contributed by atoms with Gasteiger partial charge in [-0.3, -0.25) is 0 Å². The lowest BCUT2D eigenvalue weighted by Gasteiger charge is -2.26. The van der Waals surface area contributed by atoms with Crippen molar-refractivity contribution in [3.05, 3.63) is 11.9 Å². The Bertz CT molecular complexity index is 417. The molecule has 0 unspecified atom stereocenters. The van der Waals surface area contributed by atoms with Crippen LogP contribution >= 0.6 is 0 Å². The lowest BCUT2D eigenvalue weighted by Crippen LogP contribution is -2.28. The molecule has 0 amide bonds. The Morgan fingerprint density at radius 1 is 1.10 bits per heavy atom. The molecule has 1 aromatic heterocycles. The van der Waals surface area contributed by atoms with Crippen LogP contribution in [0.3, 0.4) is 0 Å². The third-order valence-electron chi connectivity index (χ3n) is 3.73. The molecule has 2 heterocycles. The quantitative estimate of drug-likeness (QED) is 0.872.